The van der Waals surface area contributed by atoms with Crippen LogP contribution in [0.4, 0.5) is 0 Å². The molecule has 0 spiro atoms. The van der Waals surface area contributed by atoms with Crippen molar-refractivity contribution in [2.24, 2.45) is 4.99 Å². The van der Waals surface area contributed by atoms with Crippen molar-refractivity contribution in [3.8, 4) is 0 Å². The molecule has 1 unspecified atom stereocenters. The first-order valence-electron chi connectivity index (χ1n) is 7.95. The number of hydrogen-bond acceptors (Lipinski definition) is 5. The fourth-order valence-electron chi connectivity index (χ4n) is 2.84. The number of nitrogens with zero attached hydrogens (tertiary/aromatic N) is 1. The van der Waals surface area contributed by atoms with Crippen LogP contribution in [0, 0.1) is 0 Å². The molecule has 5 heteroatoms. The Hall–Kier alpha value is -1.72. The molecule has 122 valence electrons. The minimum Gasteiger partial charge on any atom is -0.473 e. The summed E-state index contributed by atoms with van der Waals surface area (Å²) in [6.45, 7) is 0.458. The van der Waals surface area contributed by atoms with Crippen LogP contribution in [-0.2, 0) is 16.1 Å². The van der Waals surface area contributed by atoms with Gasteiger partial charge in [-0.2, -0.15) is 0 Å². The summed E-state index contributed by atoms with van der Waals surface area (Å²) in [5, 5.41) is 0.871. The number of fused-ring (bicyclic) bond motifs is 1. The molecular formula is C19H17NO2S2. The average molecular weight is 355 g/mol. The molecule has 0 fully saturated rings. The van der Waals surface area contributed by atoms with E-state index in [0.29, 0.717) is 12.5 Å². The van der Waals surface area contributed by atoms with Gasteiger partial charge in [0.2, 0.25) is 5.90 Å². The Bertz CT molecular complexity index is 778. The Balaban J connectivity index is 1.66. The van der Waals surface area contributed by atoms with Gasteiger partial charge in [-0.3, -0.25) is 4.79 Å². The molecule has 4 rings (SSSR count). The first-order chi connectivity index (χ1) is 11.8. The number of rotatable bonds is 2. The summed E-state index contributed by atoms with van der Waals surface area (Å²) in [6.07, 6.45) is 6.47. The molecule has 0 saturated carbocycles. The summed E-state index contributed by atoms with van der Waals surface area (Å²) in [7, 11) is 0. The first-order valence-corrected chi connectivity index (χ1v) is 9.99. The zero-order valence-corrected chi connectivity index (χ0v) is 14.7. The van der Waals surface area contributed by atoms with Gasteiger partial charge in [0.15, 0.2) is 5.78 Å². The molecule has 1 aromatic rings. The van der Waals surface area contributed by atoms with Gasteiger partial charge >= 0.3 is 0 Å². The predicted molar refractivity (Wildman–Crippen MR) is 101 cm³/mol. The lowest BCUT2D eigenvalue weighted by molar-refractivity contribution is -0.113. The molecule has 0 N–H and O–H groups in total. The molecule has 3 aliphatic rings. The van der Waals surface area contributed by atoms with Crippen molar-refractivity contribution in [3.05, 3.63) is 70.3 Å². The van der Waals surface area contributed by atoms with E-state index in [1.807, 2.05) is 36.4 Å². The third-order valence-corrected chi connectivity index (χ3v) is 6.51. The minimum atomic E-state index is -0.204. The van der Waals surface area contributed by atoms with Gasteiger partial charge in [0.1, 0.15) is 11.6 Å². The molecule has 1 atom stereocenters. The number of carbonyl (C=O) groups excluding carboxylic acids is 1. The van der Waals surface area contributed by atoms with Crippen molar-refractivity contribution in [1.82, 2.24) is 0 Å². The van der Waals surface area contributed by atoms with Gasteiger partial charge in [0.05, 0.1) is 5.25 Å². The molecule has 3 nitrogen and oxygen atoms in total. The molecule has 24 heavy (non-hydrogen) atoms. The zero-order valence-electron chi connectivity index (χ0n) is 13.1. The van der Waals surface area contributed by atoms with Crippen LogP contribution in [0.1, 0.15) is 12.0 Å². The molecular weight excluding hydrogens is 338 g/mol. The highest BCUT2D eigenvalue weighted by molar-refractivity contribution is 8.03. The highest BCUT2D eigenvalue weighted by Gasteiger charge is 2.32. The molecule has 2 aliphatic heterocycles. The highest BCUT2D eigenvalue weighted by Crippen LogP contribution is 2.39. The lowest BCUT2D eigenvalue weighted by atomic mass is 10.0. The van der Waals surface area contributed by atoms with E-state index in [2.05, 4.69) is 0 Å². The van der Waals surface area contributed by atoms with Crippen molar-refractivity contribution < 1.29 is 9.53 Å². The van der Waals surface area contributed by atoms with Gasteiger partial charge in [-0.15, -0.1) is 23.5 Å². The van der Waals surface area contributed by atoms with Gasteiger partial charge in [0.25, 0.3) is 0 Å². The number of benzene rings is 1. The number of ketones is 1. The van der Waals surface area contributed by atoms with Crippen LogP contribution in [0.2, 0.25) is 0 Å². The monoisotopic (exact) mass is 355 g/mol. The molecule has 0 bridgehead atoms. The molecule has 1 aromatic carbocycles. The maximum atomic E-state index is 12.3. The molecule has 0 amide bonds. The number of allylic oxidation sites excluding steroid dienone is 3. The third-order valence-electron chi connectivity index (χ3n) is 4.11. The standard InChI is InChI=1S/C19H17NO2S2/c21-16-8-4-7-15-17(16)24-12-14-9-10-23-19(14)20-18(15)22-11-13-5-2-1-3-6-13/h1-8,17H,9-12H2. The number of aliphatic imine (C=N–C) groups is 1. The normalized spacial score (nSPS) is 23.0. The van der Waals surface area contributed by atoms with E-state index in [4.69, 9.17) is 9.73 Å². The Kier molecular flexibility index (Phi) is 4.63. The SMILES string of the molecule is O=C1C=CC=C2C(OCc3ccccc3)=NC3=C(CCS3)CSC12. The number of thioether (sulfide) groups is 2. The molecule has 0 radical (unpaired) electrons. The second kappa shape index (κ2) is 7.03. The summed E-state index contributed by atoms with van der Waals surface area (Å²) in [6, 6.07) is 10.0. The average Bonchev–Trinajstić information content (AvgIpc) is 3.03. The van der Waals surface area contributed by atoms with Crippen LogP contribution in [0.25, 0.3) is 0 Å². The molecule has 2 heterocycles. The van der Waals surface area contributed by atoms with E-state index in [-0.39, 0.29) is 11.0 Å². The molecule has 0 aromatic heterocycles. The van der Waals surface area contributed by atoms with Gasteiger partial charge in [0, 0.05) is 17.1 Å². The maximum Gasteiger partial charge on any atom is 0.219 e. The van der Waals surface area contributed by atoms with Gasteiger partial charge in [-0.25, -0.2) is 4.99 Å². The van der Waals surface area contributed by atoms with Crippen molar-refractivity contribution in [2.45, 2.75) is 18.3 Å². The van der Waals surface area contributed by atoms with E-state index >= 15 is 0 Å². The van der Waals surface area contributed by atoms with E-state index in [1.165, 1.54) is 5.57 Å². The molecule has 0 saturated heterocycles. The zero-order chi connectivity index (χ0) is 16.4. The van der Waals surface area contributed by atoms with E-state index in [1.54, 1.807) is 35.7 Å². The Morgan fingerprint density at radius 3 is 3.00 bits per heavy atom. The van der Waals surface area contributed by atoms with Crippen molar-refractivity contribution in [1.29, 1.82) is 0 Å². The summed E-state index contributed by atoms with van der Waals surface area (Å²) >= 11 is 3.47. The van der Waals surface area contributed by atoms with Gasteiger partial charge in [-0.05, 0) is 23.6 Å². The maximum absolute atomic E-state index is 12.3. The van der Waals surface area contributed by atoms with Crippen LogP contribution in [0.5, 0.6) is 0 Å². The predicted octanol–water partition coefficient (Wildman–Crippen LogP) is 4.13. The van der Waals surface area contributed by atoms with Crippen LogP contribution in [0.15, 0.2) is 69.7 Å². The summed E-state index contributed by atoms with van der Waals surface area (Å²) in [5.41, 5.74) is 3.33. The largest absolute Gasteiger partial charge is 0.473 e. The Morgan fingerprint density at radius 2 is 2.12 bits per heavy atom. The second-order valence-electron chi connectivity index (χ2n) is 5.77. The Labute approximate surface area is 150 Å². The summed E-state index contributed by atoms with van der Waals surface area (Å²) in [4.78, 5) is 17.1. The van der Waals surface area contributed by atoms with Crippen molar-refractivity contribution in [3.63, 3.8) is 0 Å². The fourth-order valence-corrected chi connectivity index (χ4v) is 5.25. The van der Waals surface area contributed by atoms with E-state index in [9.17, 15) is 4.79 Å². The molecule has 1 aliphatic carbocycles. The van der Waals surface area contributed by atoms with Crippen LogP contribution < -0.4 is 0 Å². The minimum absolute atomic E-state index is 0.128. The topological polar surface area (TPSA) is 38.7 Å². The first kappa shape index (κ1) is 15.8. The van der Waals surface area contributed by atoms with Crippen LogP contribution >= 0.6 is 23.5 Å². The summed E-state index contributed by atoms with van der Waals surface area (Å²) < 4.78 is 6.07. The van der Waals surface area contributed by atoms with Gasteiger partial charge in [-0.1, -0.05) is 42.5 Å². The second-order valence-corrected chi connectivity index (χ2v) is 7.95. The number of hydrogen-bond donors (Lipinski definition) is 0. The number of ether oxygens (including phenoxy) is 1. The van der Waals surface area contributed by atoms with E-state index < -0.39 is 0 Å². The van der Waals surface area contributed by atoms with Crippen molar-refractivity contribution in [2.75, 3.05) is 11.5 Å². The highest BCUT2D eigenvalue weighted by atomic mass is 32.2. The van der Waals surface area contributed by atoms with Crippen LogP contribution in [0.3, 0.4) is 0 Å². The quantitative estimate of drug-likeness (QED) is 0.799. The van der Waals surface area contributed by atoms with Crippen molar-refractivity contribution >= 4 is 35.2 Å². The fraction of sp³-hybridized carbons (Fsp3) is 0.263. The Morgan fingerprint density at radius 1 is 1.25 bits per heavy atom. The lowest BCUT2D eigenvalue weighted by Crippen LogP contribution is -2.28. The lowest BCUT2D eigenvalue weighted by Gasteiger charge is -2.24. The summed E-state index contributed by atoms with van der Waals surface area (Å²) in [5.74, 6) is 2.66. The third kappa shape index (κ3) is 3.23. The smallest absolute Gasteiger partial charge is 0.219 e. The van der Waals surface area contributed by atoms with E-state index in [0.717, 1.165) is 34.1 Å². The van der Waals surface area contributed by atoms with Crippen LogP contribution in [-0.4, -0.2) is 28.4 Å². The number of carbonyl (C=O) groups is 1. The van der Waals surface area contributed by atoms with Gasteiger partial charge < -0.3 is 4.74 Å².